The van der Waals surface area contributed by atoms with E-state index in [0.717, 1.165) is 24.1 Å². The topological polar surface area (TPSA) is 212 Å². The number of halogens is 8. The zero-order valence-electron chi connectivity index (χ0n) is 39.0. The first-order valence-corrected chi connectivity index (χ1v) is 21.7. The number of primary amides is 1. The molecular weight excluding hydrogens is 961 g/mol. The fourth-order valence-electron chi connectivity index (χ4n) is 5.51. The Hall–Kier alpha value is -6.06. The molecule has 5 rings (SSSR count). The number of carboxylic acid groups (broad SMARTS) is 1. The van der Waals surface area contributed by atoms with Crippen LogP contribution in [0.25, 0.3) is 11.3 Å². The van der Waals surface area contributed by atoms with Gasteiger partial charge in [0.2, 0.25) is 5.91 Å². The van der Waals surface area contributed by atoms with E-state index in [-0.39, 0.29) is 55.5 Å². The molecule has 1 aliphatic heterocycles. The maximum atomic E-state index is 13.5. The summed E-state index contributed by atoms with van der Waals surface area (Å²) in [7, 11) is 0. The number of hydrogen-bond donors (Lipinski definition) is 4. The molecule has 2 amide bonds. The van der Waals surface area contributed by atoms with Crippen LogP contribution >= 0.6 is 11.6 Å². The van der Waals surface area contributed by atoms with Gasteiger partial charge in [0.1, 0.15) is 67.7 Å². The third-order valence-electron chi connectivity index (χ3n) is 10.8. The van der Waals surface area contributed by atoms with E-state index in [9.17, 15) is 54.7 Å². The van der Waals surface area contributed by atoms with E-state index in [1.807, 2.05) is 36.4 Å². The number of carboxylic acids is 1. The van der Waals surface area contributed by atoms with Crippen LogP contribution in [0, 0.1) is 27.5 Å². The van der Waals surface area contributed by atoms with E-state index in [0.29, 0.717) is 11.3 Å². The number of benzene rings is 3. The smallest absolute Gasteiger partial charge is 0.317 e. The highest BCUT2D eigenvalue weighted by atomic mass is 35.5. The number of fused-ring (bicyclic) bond motifs is 1. The zero-order valence-corrected chi connectivity index (χ0v) is 39.8. The number of aromatic nitrogens is 2. The second-order valence-electron chi connectivity index (χ2n) is 17.4. The lowest BCUT2D eigenvalue weighted by molar-refractivity contribution is -0.161. The highest BCUT2D eigenvalue weighted by Crippen LogP contribution is 2.32. The van der Waals surface area contributed by atoms with Gasteiger partial charge < -0.3 is 35.4 Å². The SMILES string of the molecule is CC(CF)(CF)C(=O)O.CC(CF)(CF)C(=O)OCc1ccccc1.CC(CF)(CF)CC(=O)N1CCn2nc(-c3ccc(F)c(Cl)c3)c(C(N)=O)c2C1.CC(CO)(CO)C(=O)OCc1ccccc1. The third-order valence-corrected chi connectivity index (χ3v) is 11.1. The minimum atomic E-state index is -1.83. The molecule has 70 heavy (non-hydrogen) atoms. The van der Waals surface area contributed by atoms with Gasteiger partial charge in [-0.2, -0.15) is 5.10 Å². The van der Waals surface area contributed by atoms with Gasteiger partial charge in [-0.15, -0.1) is 0 Å². The Balaban J connectivity index is 0.000000350. The molecule has 0 aliphatic carbocycles. The van der Waals surface area contributed by atoms with E-state index in [2.05, 4.69) is 5.10 Å². The van der Waals surface area contributed by atoms with Crippen molar-refractivity contribution in [1.82, 2.24) is 14.7 Å². The number of ether oxygens (including phenoxy) is 2. The number of esters is 2. The van der Waals surface area contributed by atoms with Crippen molar-refractivity contribution in [2.45, 2.75) is 60.4 Å². The maximum absolute atomic E-state index is 13.5. The molecule has 22 heteroatoms. The van der Waals surface area contributed by atoms with Crippen LogP contribution in [0.3, 0.4) is 0 Å². The van der Waals surface area contributed by atoms with Crippen molar-refractivity contribution in [3.63, 3.8) is 0 Å². The molecule has 2 heterocycles. The number of carbonyl (C=O) groups is 5. The predicted molar refractivity (Wildman–Crippen MR) is 244 cm³/mol. The van der Waals surface area contributed by atoms with E-state index in [4.69, 9.17) is 42.1 Å². The number of alkyl halides is 6. The second kappa shape index (κ2) is 28.0. The van der Waals surface area contributed by atoms with Crippen LogP contribution in [-0.2, 0) is 55.0 Å². The number of nitrogens with two attached hydrogens (primary N) is 1. The Bertz CT molecular complexity index is 2240. The maximum Gasteiger partial charge on any atom is 0.317 e. The highest BCUT2D eigenvalue weighted by molar-refractivity contribution is 6.31. The summed E-state index contributed by atoms with van der Waals surface area (Å²) in [5.74, 6) is -4.67. The molecule has 3 aromatic carbocycles. The van der Waals surface area contributed by atoms with Gasteiger partial charge in [0.05, 0.1) is 55.9 Å². The van der Waals surface area contributed by atoms with Crippen LogP contribution in [0.2, 0.25) is 5.02 Å². The minimum absolute atomic E-state index is 0.0215. The number of aliphatic hydroxyl groups excluding tert-OH is 2. The van der Waals surface area contributed by atoms with Gasteiger partial charge in [-0.1, -0.05) is 79.2 Å². The first-order chi connectivity index (χ1) is 33.0. The Morgan fingerprint density at radius 2 is 1.17 bits per heavy atom. The molecule has 0 radical (unpaired) electrons. The number of aliphatic carboxylic acids is 1. The van der Waals surface area contributed by atoms with Gasteiger partial charge in [0.15, 0.2) is 0 Å². The summed E-state index contributed by atoms with van der Waals surface area (Å²) in [5.41, 5.74) is 2.26. The third kappa shape index (κ3) is 16.8. The van der Waals surface area contributed by atoms with Crippen LogP contribution in [0.15, 0.2) is 78.9 Å². The Kier molecular flexibility index (Phi) is 24.0. The van der Waals surface area contributed by atoms with E-state index in [1.54, 1.807) is 28.9 Å². The summed E-state index contributed by atoms with van der Waals surface area (Å²) in [6.07, 6.45) is -0.291. The molecule has 4 aromatic rings. The minimum Gasteiger partial charge on any atom is -0.481 e. The van der Waals surface area contributed by atoms with Gasteiger partial charge in [-0.25, -0.2) is 22.0 Å². The molecule has 0 unspecified atom stereocenters. The predicted octanol–water partition coefficient (Wildman–Crippen LogP) is 7.53. The lowest BCUT2D eigenvalue weighted by atomic mass is 9.89. The van der Waals surface area contributed by atoms with E-state index < -0.39 is 110 Å². The first-order valence-electron chi connectivity index (χ1n) is 21.4. The van der Waals surface area contributed by atoms with Gasteiger partial charge in [0, 0.05) is 23.9 Å². The average molecular weight is 1020 g/mol. The van der Waals surface area contributed by atoms with Gasteiger partial charge in [-0.3, -0.25) is 37.4 Å². The number of amides is 2. The van der Waals surface area contributed by atoms with E-state index >= 15 is 0 Å². The molecule has 1 aromatic heterocycles. The number of nitrogens with zero attached hydrogens (tertiary/aromatic N) is 3. The summed E-state index contributed by atoms with van der Waals surface area (Å²) in [4.78, 5) is 59.1. The van der Waals surface area contributed by atoms with Crippen molar-refractivity contribution in [3.05, 3.63) is 112 Å². The molecule has 0 bridgehead atoms. The van der Waals surface area contributed by atoms with Crippen molar-refractivity contribution >= 4 is 41.3 Å². The van der Waals surface area contributed by atoms with Crippen molar-refractivity contribution in [2.24, 2.45) is 27.4 Å². The number of hydrogen-bond acceptors (Lipinski definition) is 10. The van der Waals surface area contributed by atoms with Crippen molar-refractivity contribution in [1.29, 1.82) is 0 Å². The lowest BCUT2D eigenvalue weighted by Gasteiger charge is -2.31. The molecular formula is C48H58ClF7N4O10. The lowest BCUT2D eigenvalue weighted by Crippen LogP contribution is -2.42. The quantitative estimate of drug-likeness (QED) is 0.0533. The van der Waals surface area contributed by atoms with Gasteiger partial charge in [-0.05, 0) is 50.1 Å². The van der Waals surface area contributed by atoms with Crippen LogP contribution in [0.1, 0.15) is 61.3 Å². The van der Waals surface area contributed by atoms with Crippen LogP contribution < -0.4 is 5.73 Å². The van der Waals surface area contributed by atoms with Crippen molar-refractivity contribution in [2.75, 3.05) is 59.8 Å². The fraction of sp³-hybridized carbons (Fsp3) is 0.458. The molecule has 0 fully saturated rings. The molecule has 0 spiro atoms. The highest BCUT2D eigenvalue weighted by Gasteiger charge is 2.37. The summed E-state index contributed by atoms with van der Waals surface area (Å²) in [5, 5.41) is 30.4. The van der Waals surface area contributed by atoms with Gasteiger partial charge in [0.25, 0.3) is 5.91 Å². The Labute approximate surface area is 405 Å². The summed E-state index contributed by atoms with van der Waals surface area (Å²) in [6.45, 7) is -1.42. The molecule has 5 N–H and O–H groups in total. The van der Waals surface area contributed by atoms with Crippen LogP contribution in [0.5, 0.6) is 0 Å². The Morgan fingerprint density at radius 3 is 1.56 bits per heavy atom. The monoisotopic (exact) mass is 1020 g/mol. The first kappa shape index (κ1) is 60.1. The van der Waals surface area contributed by atoms with Crippen molar-refractivity contribution < 1.29 is 79.5 Å². The average Bonchev–Trinajstić information content (AvgIpc) is 3.77. The van der Waals surface area contributed by atoms with Crippen LogP contribution in [-0.4, -0.2) is 120 Å². The normalized spacial score (nSPS) is 12.4. The van der Waals surface area contributed by atoms with Crippen molar-refractivity contribution in [3.8, 4) is 11.3 Å². The number of aliphatic hydroxyl groups is 2. The Morgan fingerprint density at radius 1 is 0.700 bits per heavy atom. The molecule has 0 saturated carbocycles. The molecule has 14 nitrogen and oxygen atoms in total. The van der Waals surface area contributed by atoms with Gasteiger partial charge >= 0.3 is 17.9 Å². The molecule has 0 saturated heterocycles. The van der Waals surface area contributed by atoms with Crippen LogP contribution in [0.4, 0.5) is 30.7 Å². The number of rotatable bonds is 19. The summed E-state index contributed by atoms with van der Waals surface area (Å²) in [6, 6.07) is 22.1. The second-order valence-corrected chi connectivity index (χ2v) is 17.8. The largest absolute Gasteiger partial charge is 0.481 e. The molecule has 1 aliphatic rings. The summed E-state index contributed by atoms with van der Waals surface area (Å²) < 4.78 is 99.4. The molecule has 386 valence electrons. The molecule has 0 atom stereocenters. The van der Waals surface area contributed by atoms with E-state index in [1.165, 1.54) is 37.8 Å². The standard InChI is InChI=1S/C19H20ClF3N4O2.C12H14F2O2.C12H16O4.C5H8F2O2/c1-19(9-21,10-22)7-15(28)26-4-5-27-14(8-26)16(18(24)29)17(25-27)11-2-3-13(23)12(20)6-11;2*1-12(8-13,9-14)11(15)16-7-10-5-3-2-4-6-10;1-5(2-6,3-7)4(8)9/h2-3,6H,4-5,7-10H2,1H3,(H2,24,29);2-6H,7-9H2,1H3;2-6,13-14H,7-9H2,1H3;2-3H2,1H3,(H,8,9). The zero-order chi connectivity index (χ0) is 52.9. The fourth-order valence-corrected chi connectivity index (χ4v) is 5.69. The number of carbonyl (C=O) groups excluding carboxylic acids is 4. The summed E-state index contributed by atoms with van der Waals surface area (Å²) >= 11 is 5.84.